The van der Waals surface area contributed by atoms with Crippen molar-refractivity contribution in [2.45, 2.75) is 26.4 Å². The van der Waals surface area contributed by atoms with Gasteiger partial charge in [-0.05, 0) is 11.8 Å². The lowest BCUT2D eigenvalue weighted by Gasteiger charge is -2.23. The molecule has 1 aliphatic rings. The van der Waals surface area contributed by atoms with Crippen LogP contribution < -0.4 is 5.73 Å². The molecule has 1 rings (SSSR count). The summed E-state index contributed by atoms with van der Waals surface area (Å²) in [5.74, 6) is 0. The van der Waals surface area contributed by atoms with Crippen LogP contribution in [0.2, 0.25) is 0 Å². The average Bonchev–Trinajstić information content (AvgIpc) is 2.08. The molecule has 1 aliphatic heterocycles. The van der Waals surface area contributed by atoms with E-state index >= 15 is 0 Å². The number of ether oxygens (including phenoxy) is 1. The molecule has 1 atom stereocenters. The third kappa shape index (κ3) is 1.84. The summed E-state index contributed by atoms with van der Waals surface area (Å²) in [5.41, 5.74) is 5.80. The third-order valence-corrected chi connectivity index (χ3v) is 2.15. The Hall–Kier alpha value is 0.210. The monoisotopic (exact) mass is 165 g/mol. The van der Waals surface area contributed by atoms with Crippen molar-refractivity contribution in [3.8, 4) is 0 Å². The second-order valence-corrected chi connectivity index (χ2v) is 3.33. The molecule has 2 N–H and O–H groups in total. The van der Waals surface area contributed by atoms with E-state index < -0.39 is 0 Å². The average molecular weight is 166 g/mol. The number of rotatable bonds is 1. The molecule has 2 nitrogen and oxygen atoms in total. The van der Waals surface area contributed by atoms with Crippen molar-refractivity contribution in [3.05, 3.63) is 0 Å². The van der Waals surface area contributed by atoms with Gasteiger partial charge in [-0.15, -0.1) is 12.4 Å². The summed E-state index contributed by atoms with van der Waals surface area (Å²) in [6.07, 6.45) is 1.44. The third-order valence-electron chi connectivity index (χ3n) is 2.15. The fourth-order valence-electron chi connectivity index (χ4n) is 1.24. The van der Waals surface area contributed by atoms with Crippen LogP contribution >= 0.6 is 12.4 Å². The largest absolute Gasteiger partial charge is 0.376 e. The minimum atomic E-state index is 0. The van der Waals surface area contributed by atoms with Gasteiger partial charge < -0.3 is 10.5 Å². The second kappa shape index (κ2) is 3.56. The highest BCUT2D eigenvalue weighted by molar-refractivity contribution is 5.85. The van der Waals surface area contributed by atoms with Crippen molar-refractivity contribution in [1.29, 1.82) is 0 Å². The van der Waals surface area contributed by atoms with Crippen LogP contribution in [0.1, 0.15) is 20.3 Å². The Morgan fingerprint density at radius 2 is 2.20 bits per heavy atom. The Labute approximate surface area is 68.5 Å². The van der Waals surface area contributed by atoms with Gasteiger partial charge in [0.25, 0.3) is 0 Å². The van der Waals surface area contributed by atoms with Gasteiger partial charge in [0.2, 0.25) is 0 Å². The molecule has 0 saturated carbocycles. The van der Waals surface area contributed by atoms with Gasteiger partial charge in [0.15, 0.2) is 0 Å². The molecule has 0 amide bonds. The first-order valence-electron chi connectivity index (χ1n) is 3.48. The van der Waals surface area contributed by atoms with E-state index in [4.69, 9.17) is 10.5 Å². The summed E-state index contributed by atoms with van der Waals surface area (Å²) in [7, 11) is 0. The molecule has 0 bridgehead atoms. The first-order chi connectivity index (χ1) is 4.17. The van der Waals surface area contributed by atoms with E-state index in [0.29, 0.717) is 12.0 Å². The highest BCUT2D eigenvalue weighted by Crippen LogP contribution is 2.32. The van der Waals surface area contributed by atoms with Crippen LogP contribution in [0.3, 0.4) is 0 Å². The predicted molar refractivity (Wildman–Crippen MR) is 44.4 cm³/mol. The highest BCUT2D eigenvalue weighted by atomic mass is 35.5. The molecule has 62 valence electrons. The lowest BCUT2D eigenvalue weighted by atomic mass is 9.86. The van der Waals surface area contributed by atoms with E-state index in [1.807, 2.05) is 0 Å². The maximum absolute atomic E-state index is 5.48. The number of halogens is 1. The molecule has 0 aromatic rings. The van der Waals surface area contributed by atoms with Crippen molar-refractivity contribution < 1.29 is 4.74 Å². The van der Waals surface area contributed by atoms with Crippen molar-refractivity contribution in [3.63, 3.8) is 0 Å². The Morgan fingerprint density at radius 1 is 1.60 bits per heavy atom. The molecular formula is C7H16ClNO. The first-order valence-corrected chi connectivity index (χ1v) is 3.48. The van der Waals surface area contributed by atoms with E-state index in [9.17, 15) is 0 Å². The molecule has 0 aliphatic carbocycles. The van der Waals surface area contributed by atoms with Gasteiger partial charge in [-0.1, -0.05) is 13.8 Å². The van der Waals surface area contributed by atoms with Crippen LogP contribution in [0.4, 0.5) is 0 Å². The van der Waals surface area contributed by atoms with Gasteiger partial charge in [0.1, 0.15) is 0 Å². The SMILES string of the molecule is CC1(C)CCOC1CN.Cl. The quantitative estimate of drug-likeness (QED) is 0.634. The van der Waals surface area contributed by atoms with Crippen LogP contribution in [0.15, 0.2) is 0 Å². The molecule has 0 aromatic heterocycles. The van der Waals surface area contributed by atoms with E-state index in [0.717, 1.165) is 13.0 Å². The lowest BCUT2D eigenvalue weighted by molar-refractivity contribution is 0.0713. The lowest BCUT2D eigenvalue weighted by Crippen LogP contribution is -2.31. The van der Waals surface area contributed by atoms with Gasteiger partial charge >= 0.3 is 0 Å². The molecule has 10 heavy (non-hydrogen) atoms. The van der Waals surface area contributed by atoms with Crippen molar-refractivity contribution in [2.75, 3.05) is 13.2 Å². The van der Waals surface area contributed by atoms with Gasteiger partial charge in [0.05, 0.1) is 6.10 Å². The van der Waals surface area contributed by atoms with E-state index in [2.05, 4.69) is 13.8 Å². The topological polar surface area (TPSA) is 35.2 Å². The molecule has 1 unspecified atom stereocenters. The minimum absolute atomic E-state index is 0. The molecule has 0 radical (unpaired) electrons. The summed E-state index contributed by atoms with van der Waals surface area (Å²) < 4.78 is 5.39. The van der Waals surface area contributed by atoms with Crippen molar-refractivity contribution in [1.82, 2.24) is 0 Å². The van der Waals surface area contributed by atoms with Crippen LogP contribution in [-0.2, 0) is 4.74 Å². The minimum Gasteiger partial charge on any atom is -0.376 e. The maximum atomic E-state index is 5.48. The number of hydrogen-bond donors (Lipinski definition) is 1. The van der Waals surface area contributed by atoms with E-state index in [1.165, 1.54) is 0 Å². The summed E-state index contributed by atoms with van der Waals surface area (Å²) in [5, 5.41) is 0. The van der Waals surface area contributed by atoms with Crippen molar-refractivity contribution >= 4 is 12.4 Å². The second-order valence-electron chi connectivity index (χ2n) is 3.33. The molecule has 3 heteroatoms. The predicted octanol–water partition coefficient (Wildman–Crippen LogP) is 1.18. The zero-order valence-corrected chi connectivity index (χ0v) is 7.41. The molecule has 0 spiro atoms. The van der Waals surface area contributed by atoms with Gasteiger partial charge in [-0.3, -0.25) is 0 Å². The summed E-state index contributed by atoms with van der Waals surface area (Å²) >= 11 is 0. The van der Waals surface area contributed by atoms with Crippen LogP contribution in [0, 0.1) is 5.41 Å². The number of hydrogen-bond acceptors (Lipinski definition) is 2. The normalized spacial score (nSPS) is 29.7. The van der Waals surface area contributed by atoms with Crippen molar-refractivity contribution in [2.24, 2.45) is 11.1 Å². The Bertz CT molecular complexity index is 106. The Balaban J connectivity index is 0.000000810. The molecular weight excluding hydrogens is 150 g/mol. The molecule has 1 heterocycles. The van der Waals surface area contributed by atoms with Gasteiger partial charge in [-0.2, -0.15) is 0 Å². The maximum Gasteiger partial charge on any atom is 0.0748 e. The summed E-state index contributed by atoms with van der Waals surface area (Å²) in [6.45, 7) is 5.96. The van der Waals surface area contributed by atoms with Crippen LogP contribution in [0.5, 0.6) is 0 Å². The number of nitrogens with two attached hydrogens (primary N) is 1. The smallest absolute Gasteiger partial charge is 0.0748 e. The van der Waals surface area contributed by atoms with E-state index in [-0.39, 0.29) is 18.5 Å². The highest BCUT2D eigenvalue weighted by Gasteiger charge is 2.34. The zero-order chi connectivity index (χ0) is 6.91. The Morgan fingerprint density at radius 3 is 2.40 bits per heavy atom. The van der Waals surface area contributed by atoms with Crippen LogP contribution in [0.25, 0.3) is 0 Å². The summed E-state index contributed by atoms with van der Waals surface area (Å²) in [4.78, 5) is 0. The molecule has 1 fully saturated rings. The van der Waals surface area contributed by atoms with Gasteiger partial charge in [0, 0.05) is 13.2 Å². The van der Waals surface area contributed by atoms with Gasteiger partial charge in [-0.25, -0.2) is 0 Å². The standard InChI is InChI=1S/C7H15NO.ClH/c1-7(2)3-4-9-6(7)5-8;/h6H,3-5,8H2,1-2H3;1H. The van der Waals surface area contributed by atoms with E-state index in [1.54, 1.807) is 0 Å². The first kappa shape index (κ1) is 10.2. The fourth-order valence-corrected chi connectivity index (χ4v) is 1.24. The molecule has 0 aromatic carbocycles. The van der Waals surface area contributed by atoms with Crippen LogP contribution in [-0.4, -0.2) is 19.3 Å². The zero-order valence-electron chi connectivity index (χ0n) is 6.59. The summed E-state index contributed by atoms with van der Waals surface area (Å²) in [6, 6.07) is 0. The fraction of sp³-hybridized carbons (Fsp3) is 1.00. The Kier molecular flexibility index (Phi) is 3.63. The molecule has 1 saturated heterocycles.